The fraction of sp³-hybridized carbons (Fsp3) is 0.471. The van der Waals surface area contributed by atoms with E-state index in [2.05, 4.69) is 22.1 Å². The van der Waals surface area contributed by atoms with E-state index in [1.54, 1.807) is 6.92 Å². The van der Waals surface area contributed by atoms with Crippen molar-refractivity contribution in [3.8, 4) is 11.5 Å². The van der Waals surface area contributed by atoms with Crippen molar-refractivity contribution >= 4 is 5.91 Å². The maximum Gasteiger partial charge on any atom is 0.257 e. The van der Waals surface area contributed by atoms with Gasteiger partial charge in [-0.15, -0.1) is 0 Å². The fourth-order valence-electron chi connectivity index (χ4n) is 3.84. The number of carbonyl (C=O) groups is 1. The van der Waals surface area contributed by atoms with E-state index in [1.807, 2.05) is 35.2 Å². The number of aromatic nitrogens is 2. The smallest absolute Gasteiger partial charge is 0.257 e. The highest BCUT2D eigenvalue weighted by Gasteiger charge is 2.52. The molecule has 0 bridgehead atoms. The summed E-state index contributed by atoms with van der Waals surface area (Å²) >= 11 is 0. The topological polar surface area (TPSA) is 62.5 Å². The molecule has 2 aliphatic heterocycles. The van der Waals surface area contributed by atoms with Crippen LogP contribution in [0.1, 0.15) is 25.2 Å². The number of hydrogen-bond acceptors (Lipinski definition) is 5. The summed E-state index contributed by atoms with van der Waals surface area (Å²) < 4.78 is 5.44. The second-order valence-corrected chi connectivity index (χ2v) is 6.83. The average Bonchev–Trinajstić information content (AvgIpc) is 3.11. The SMILES string of the molecule is CC(=O)N1CC2(CC(c3noc(-c4ccccc4)n3)N(C)C2)C1. The van der Waals surface area contributed by atoms with Gasteiger partial charge in [0.05, 0.1) is 6.04 Å². The molecule has 2 fully saturated rings. The summed E-state index contributed by atoms with van der Waals surface area (Å²) in [5.74, 6) is 1.46. The Morgan fingerprint density at radius 1 is 1.26 bits per heavy atom. The molecule has 1 unspecified atom stereocenters. The third-order valence-corrected chi connectivity index (χ3v) is 5.00. The van der Waals surface area contributed by atoms with E-state index in [-0.39, 0.29) is 17.4 Å². The fourth-order valence-corrected chi connectivity index (χ4v) is 3.84. The van der Waals surface area contributed by atoms with Gasteiger partial charge in [0.25, 0.3) is 5.89 Å². The summed E-state index contributed by atoms with van der Waals surface area (Å²) in [5, 5.41) is 4.19. The molecule has 0 N–H and O–H groups in total. The zero-order valence-electron chi connectivity index (χ0n) is 13.4. The van der Waals surface area contributed by atoms with Crippen LogP contribution in [0.3, 0.4) is 0 Å². The summed E-state index contributed by atoms with van der Waals surface area (Å²) in [6, 6.07) is 9.97. The number of hydrogen-bond donors (Lipinski definition) is 0. The van der Waals surface area contributed by atoms with Crippen molar-refractivity contribution in [1.29, 1.82) is 0 Å². The number of rotatable bonds is 2. The molecule has 0 saturated carbocycles. The normalized spacial score (nSPS) is 23.2. The van der Waals surface area contributed by atoms with Gasteiger partial charge in [0, 0.05) is 37.5 Å². The lowest BCUT2D eigenvalue weighted by atomic mass is 9.77. The molecule has 1 spiro atoms. The Morgan fingerprint density at radius 2 is 2.00 bits per heavy atom. The molecule has 23 heavy (non-hydrogen) atoms. The van der Waals surface area contributed by atoms with Gasteiger partial charge in [-0.05, 0) is 25.6 Å². The Kier molecular flexibility index (Phi) is 3.23. The quantitative estimate of drug-likeness (QED) is 0.848. The maximum atomic E-state index is 11.4. The van der Waals surface area contributed by atoms with Crippen molar-refractivity contribution < 1.29 is 9.32 Å². The third kappa shape index (κ3) is 2.43. The lowest BCUT2D eigenvalue weighted by molar-refractivity contribution is -0.140. The van der Waals surface area contributed by atoms with Crippen LogP contribution in [-0.4, -0.2) is 52.5 Å². The highest BCUT2D eigenvalue weighted by atomic mass is 16.5. The minimum Gasteiger partial charge on any atom is -0.342 e. The van der Waals surface area contributed by atoms with E-state index >= 15 is 0 Å². The molecular weight excluding hydrogens is 292 g/mol. The molecule has 1 atom stereocenters. The maximum absolute atomic E-state index is 11.4. The molecule has 1 aromatic carbocycles. The molecule has 1 aromatic heterocycles. The first kappa shape index (κ1) is 14.4. The van der Waals surface area contributed by atoms with Crippen molar-refractivity contribution in [2.24, 2.45) is 5.41 Å². The minimum absolute atomic E-state index is 0.158. The summed E-state index contributed by atoms with van der Waals surface area (Å²) in [5.41, 5.74) is 1.13. The Morgan fingerprint density at radius 3 is 2.70 bits per heavy atom. The number of carbonyl (C=O) groups excluding carboxylic acids is 1. The van der Waals surface area contributed by atoms with Crippen LogP contribution in [0.4, 0.5) is 0 Å². The molecule has 120 valence electrons. The Balaban J connectivity index is 1.51. The zero-order chi connectivity index (χ0) is 16.0. The lowest BCUT2D eigenvalue weighted by Gasteiger charge is -2.47. The molecule has 2 saturated heterocycles. The molecule has 2 aromatic rings. The van der Waals surface area contributed by atoms with E-state index in [1.165, 1.54) is 0 Å². The summed E-state index contributed by atoms with van der Waals surface area (Å²) in [4.78, 5) is 20.2. The third-order valence-electron chi connectivity index (χ3n) is 5.00. The van der Waals surface area contributed by atoms with Crippen LogP contribution >= 0.6 is 0 Å². The molecule has 0 aliphatic carbocycles. The average molecular weight is 312 g/mol. The molecule has 4 rings (SSSR count). The van der Waals surface area contributed by atoms with Gasteiger partial charge in [0.15, 0.2) is 5.82 Å². The van der Waals surface area contributed by atoms with Crippen molar-refractivity contribution in [3.05, 3.63) is 36.2 Å². The second-order valence-electron chi connectivity index (χ2n) is 6.83. The second kappa shape index (κ2) is 5.16. The Bertz CT molecular complexity index is 721. The van der Waals surface area contributed by atoms with E-state index in [0.717, 1.165) is 37.4 Å². The molecular formula is C17H20N4O2. The van der Waals surface area contributed by atoms with Crippen LogP contribution in [0.25, 0.3) is 11.5 Å². The van der Waals surface area contributed by atoms with E-state index in [9.17, 15) is 4.79 Å². The van der Waals surface area contributed by atoms with Gasteiger partial charge in [-0.25, -0.2) is 0 Å². The summed E-state index contributed by atoms with van der Waals surface area (Å²) in [6.45, 7) is 4.28. The van der Waals surface area contributed by atoms with E-state index < -0.39 is 0 Å². The van der Waals surface area contributed by atoms with Crippen LogP contribution in [0.5, 0.6) is 0 Å². The van der Waals surface area contributed by atoms with Gasteiger partial charge in [-0.1, -0.05) is 23.4 Å². The van der Waals surface area contributed by atoms with E-state index in [4.69, 9.17) is 4.52 Å². The molecule has 0 radical (unpaired) electrons. The van der Waals surface area contributed by atoms with Gasteiger partial charge in [0.2, 0.25) is 5.91 Å². The van der Waals surface area contributed by atoms with Crippen LogP contribution in [0.2, 0.25) is 0 Å². The van der Waals surface area contributed by atoms with Crippen molar-refractivity contribution in [2.45, 2.75) is 19.4 Å². The first-order chi connectivity index (χ1) is 11.1. The van der Waals surface area contributed by atoms with Gasteiger partial charge >= 0.3 is 0 Å². The lowest BCUT2D eigenvalue weighted by Crippen LogP contribution is -2.58. The van der Waals surface area contributed by atoms with E-state index in [0.29, 0.717) is 5.89 Å². The van der Waals surface area contributed by atoms with Crippen molar-refractivity contribution in [2.75, 3.05) is 26.7 Å². The first-order valence-corrected chi connectivity index (χ1v) is 7.91. The molecule has 3 heterocycles. The van der Waals surface area contributed by atoms with Gasteiger partial charge < -0.3 is 9.42 Å². The highest BCUT2D eigenvalue weighted by molar-refractivity contribution is 5.74. The van der Waals surface area contributed by atoms with Gasteiger partial charge in [-0.2, -0.15) is 4.98 Å². The number of amides is 1. The minimum atomic E-state index is 0.158. The van der Waals surface area contributed by atoms with Gasteiger partial charge in [0.1, 0.15) is 0 Å². The van der Waals surface area contributed by atoms with Crippen LogP contribution in [0.15, 0.2) is 34.9 Å². The monoisotopic (exact) mass is 312 g/mol. The number of benzene rings is 1. The zero-order valence-corrected chi connectivity index (χ0v) is 13.4. The summed E-state index contributed by atoms with van der Waals surface area (Å²) in [7, 11) is 2.09. The predicted molar refractivity (Wildman–Crippen MR) is 84.4 cm³/mol. The number of nitrogens with zero attached hydrogens (tertiary/aromatic N) is 4. The molecule has 6 nitrogen and oxygen atoms in total. The van der Waals surface area contributed by atoms with Crippen LogP contribution in [-0.2, 0) is 4.79 Å². The van der Waals surface area contributed by atoms with Crippen molar-refractivity contribution in [3.63, 3.8) is 0 Å². The highest BCUT2D eigenvalue weighted by Crippen LogP contribution is 2.47. The Labute approximate surface area is 135 Å². The molecule has 2 aliphatic rings. The number of likely N-dealkylation sites (tertiary alicyclic amines) is 2. The largest absolute Gasteiger partial charge is 0.342 e. The molecule has 6 heteroatoms. The Hall–Kier alpha value is -2.21. The van der Waals surface area contributed by atoms with Crippen LogP contribution < -0.4 is 0 Å². The standard InChI is InChI=1S/C17H20N4O2/c1-12(22)21-10-17(11-21)8-14(20(2)9-17)15-18-16(23-19-15)13-6-4-3-5-7-13/h3-7,14H,8-11H2,1-2H3. The van der Waals surface area contributed by atoms with Crippen LogP contribution in [0, 0.1) is 5.41 Å². The van der Waals surface area contributed by atoms with Gasteiger partial charge in [-0.3, -0.25) is 9.69 Å². The predicted octanol–water partition coefficient (Wildman–Crippen LogP) is 1.96. The molecule has 1 amide bonds. The summed E-state index contributed by atoms with van der Waals surface area (Å²) in [6.07, 6.45) is 0.973. The van der Waals surface area contributed by atoms with Crippen molar-refractivity contribution in [1.82, 2.24) is 19.9 Å². The first-order valence-electron chi connectivity index (χ1n) is 7.91.